The zero-order valence-electron chi connectivity index (χ0n) is 15.6. The first-order valence-corrected chi connectivity index (χ1v) is 10.1. The zero-order valence-corrected chi connectivity index (χ0v) is 16.4. The topological polar surface area (TPSA) is 63.9 Å². The lowest BCUT2D eigenvalue weighted by atomic mass is 10.1. The Morgan fingerprint density at radius 1 is 1.35 bits per heavy atom. The average molecular weight is 372 g/mol. The average Bonchev–Trinajstić information content (AvgIpc) is 3.31. The number of carbonyl (C=O) groups excluding carboxylic acids is 1. The third-order valence-corrected chi connectivity index (χ3v) is 5.37. The van der Waals surface area contributed by atoms with Crippen molar-refractivity contribution in [2.75, 3.05) is 12.3 Å². The van der Waals surface area contributed by atoms with Gasteiger partial charge in [-0.05, 0) is 67.2 Å². The predicted octanol–water partition coefficient (Wildman–Crippen LogP) is 3.68. The van der Waals surface area contributed by atoms with Crippen LogP contribution in [0.5, 0.6) is 0 Å². The van der Waals surface area contributed by atoms with E-state index in [9.17, 15) is 4.79 Å². The van der Waals surface area contributed by atoms with Gasteiger partial charge in [0.25, 0.3) is 0 Å². The van der Waals surface area contributed by atoms with E-state index < -0.39 is 0 Å². The number of hydrogen-bond donors (Lipinski definition) is 0. The molecule has 1 aliphatic carbocycles. The molecule has 0 radical (unpaired) electrons. The quantitative estimate of drug-likeness (QED) is 0.695. The molecule has 0 fully saturated rings. The van der Waals surface area contributed by atoms with Crippen molar-refractivity contribution in [2.24, 2.45) is 0 Å². The summed E-state index contributed by atoms with van der Waals surface area (Å²) in [5, 5.41) is 12.7. The van der Waals surface area contributed by atoms with Gasteiger partial charge in [-0.15, -0.1) is 5.10 Å². The van der Waals surface area contributed by atoms with Gasteiger partial charge >= 0.3 is 0 Å². The van der Waals surface area contributed by atoms with Gasteiger partial charge in [-0.3, -0.25) is 4.79 Å². The highest BCUT2D eigenvalue weighted by Gasteiger charge is 2.21. The fourth-order valence-electron chi connectivity index (χ4n) is 3.12. The van der Waals surface area contributed by atoms with Crippen molar-refractivity contribution in [2.45, 2.75) is 51.6 Å². The number of nitrogens with zero attached hydrogens (tertiary/aromatic N) is 5. The third-order valence-electron chi connectivity index (χ3n) is 4.47. The van der Waals surface area contributed by atoms with Gasteiger partial charge in [-0.2, -0.15) is 4.68 Å². The van der Waals surface area contributed by atoms with E-state index in [-0.39, 0.29) is 5.91 Å². The summed E-state index contributed by atoms with van der Waals surface area (Å²) in [7, 11) is 0. The van der Waals surface area contributed by atoms with Crippen LogP contribution in [-0.4, -0.2) is 43.3 Å². The van der Waals surface area contributed by atoms with Gasteiger partial charge in [0.05, 0.1) is 11.4 Å². The van der Waals surface area contributed by atoms with Crippen LogP contribution < -0.4 is 0 Å². The molecule has 0 unspecified atom stereocenters. The van der Waals surface area contributed by atoms with Crippen molar-refractivity contribution in [3.63, 3.8) is 0 Å². The van der Waals surface area contributed by atoms with Gasteiger partial charge in [-0.25, -0.2) is 0 Å². The number of thioether (sulfide) groups is 1. The van der Waals surface area contributed by atoms with E-state index in [1.54, 1.807) is 4.68 Å². The Bertz CT molecular complexity index is 814. The second-order valence-electron chi connectivity index (χ2n) is 6.58. The molecular formula is C19H25N5OS. The van der Waals surface area contributed by atoms with E-state index in [0.29, 0.717) is 10.9 Å². The Labute approximate surface area is 158 Å². The summed E-state index contributed by atoms with van der Waals surface area (Å²) in [5.41, 5.74) is 4.37. The van der Waals surface area contributed by atoms with Crippen molar-refractivity contribution >= 4 is 17.7 Å². The predicted molar refractivity (Wildman–Crippen MR) is 103 cm³/mol. The van der Waals surface area contributed by atoms with Crippen LogP contribution in [0, 0.1) is 13.8 Å². The number of amides is 1. The molecule has 0 aliphatic heterocycles. The van der Waals surface area contributed by atoms with Gasteiger partial charge in [0, 0.05) is 12.2 Å². The fraction of sp³-hybridized carbons (Fsp3) is 0.474. The highest BCUT2D eigenvalue weighted by Crippen LogP contribution is 2.25. The molecule has 0 bridgehead atoms. The van der Waals surface area contributed by atoms with Crippen LogP contribution in [0.1, 0.15) is 43.7 Å². The molecule has 0 saturated heterocycles. The van der Waals surface area contributed by atoms with Crippen LogP contribution in [0.3, 0.4) is 0 Å². The molecule has 3 rings (SSSR count). The molecule has 0 spiro atoms. The summed E-state index contributed by atoms with van der Waals surface area (Å²) in [4.78, 5) is 14.7. The van der Waals surface area contributed by atoms with Crippen LogP contribution in [0.2, 0.25) is 0 Å². The number of tetrazole rings is 1. The van der Waals surface area contributed by atoms with Crippen molar-refractivity contribution in [3.8, 4) is 5.69 Å². The Kier molecular flexibility index (Phi) is 6.08. The van der Waals surface area contributed by atoms with Gasteiger partial charge in [-0.1, -0.05) is 36.9 Å². The number of hydrogen-bond acceptors (Lipinski definition) is 5. The number of aryl methyl sites for hydroxylation is 2. The molecule has 1 aliphatic rings. The molecule has 1 heterocycles. The Morgan fingerprint density at radius 2 is 2.19 bits per heavy atom. The van der Waals surface area contributed by atoms with E-state index in [1.165, 1.54) is 17.5 Å². The van der Waals surface area contributed by atoms with Gasteiger partial charge < -0.3 is 4.90 Å². The lowest BCUT2D eigenvalue weighted by molar-refractivity contribution is -0.126. The molecule has 1 aromatic heterocycles. The first-order valence-electron chi connectivity index (χ1n) is 9.08. The molecule has 7 heteroatoms. The zero-order chi connectivity index (χ0) is 18.5. The standard InChI is InChI=1S/C19H25N5OS/c1-4-11-23(16-7-5-6-8-16)18(25)13-26-19-20-21-22-24(19)17-12-14(2)9-10-15(17)3/h7,9-10,12H,4-6,8,11,13H2,1-3H3. The first-order chi connectivity index (χ1) is 12.6. The minimum absolute atomic E-state index is 0.125. The first kappa shape index (κ1) is 18.6. The second kappa shape index (κ2) is 8.49. The molecule has 1 amide bonds. The number of rotatable bonds is 7. The Hall–Kier alpha value is -2.15. The summed E-state index contributed by atoms with van der Waals surface area (Å²) in [6, 6.07) is 6.18. The van der Waals surface area contributed by atoms with Crippen molar-refractivity contribution < 1.29 is 4.79 Å². The van der Waals surface area contributed by atoms with Crippen molar-refractivity contribution in [1.29, 1.82) is 0 Å². The maximum absolute atomic E-state index is 12.8. The van der Waals surface area contributed by atoms with Crippen LogP contribution >= 0.6 is 11.8 Å². The summed E-state index contributed by atoms with van der Waals surface area (Å²) in [5.74, 6) is 0.461. The van der Waals surface area contributed by atoms with Crippen LogP contribution in [-0.2, 0) is 4.79 Å². The van der Waals surface area contributed by atoms with E-state index in [0.717, 1.165) is 49.0 Å². The third kappa shape index (κ3) is 4.15. The van der Waals surface area contributed by atoms with Crippen LogP contribution in [0.25, 0.3) is 5.69 Å². The SMILES string of the molecule is CCCN(C(=O)CSc1nnnn1-c1cc(C)ccc1C)C1=CCCC1. The van der Waals surface area contributed by atoms with Crippen molar-refractivity contribution in [3.05, 3.63) is 41.1 Å². The maximum atomic E-state index is 12.8. The summed E-state index contributed by atoms with van der Waals surface area (Å²) >= 11 is 1.39. The summed E-state index contributed by atoms with van der Waals surface area (Å²) < 4.78 is 1.72. The fourth-order valence-corrected chi connectivity index (χ4v) is 3.88. The molecular weight excluding hydrogens is 346 g/mol. The molecule has 0 atom stereocenters. The molecule has 0 saturated carbocycles. The van der Waals surface area contributed by atoms with Crippen LogP contribution in [0.4, 0.5) is 0 Å². The highest BCUT2D eigenvalue weighted by molar-refractivity contribution is 7.99. The number of benzene rings is 1. The normalized spacial score (nSPS) is 13.7. The monoisotopic (exact) mass is 371 g/mol. The van der Waals surface area contributed by atoms with Crippen LogP contribution in [0.15, 0.2) is 35.1 Å². The number of allylic oxidation sites excluding steroid dienone is 2. The number of carbonyl (C=O) groups is 1. The smallest absolute Gasteiger partial charge is 0.237 e. The molecule has 6 nitrogen and oxygen atoms in total. The van der Waals surface area contributed by atoms with Gasteiger partial charge in [0.2, 0.25) is 11.1 Å². The Morgan fingerprint density at radius 3 is 2.92 bits per heavy atom. The lowest BCUT2D eigenvalue weighted by Gasteiger charge is -2.23. The van der Waals surface area contributed by atoms with E-state index in [2.05, 4.69) is 46.7 Å². The summed E-state index contributed by atoms with van der Waals surface area (Å²) in [6.07, 6.45) is 6.35. The summed E-state index contributed by atoms with van der Waals surface area (Å²) in [6.45, 7) is 6.95. The maximum Gasteiger partial charge on any atom is 0.237 e. The molecule has 2 aromatic rings. The number of aromatic nitrogens is 4. The highest BCUT2D eigenvalue weighted by atomic mass is 32.2. The lowest BCUT2D eigenvalue weighted by Crippen LogP contribution is -2.32. The van der Waals surface area contributed by atoms with Gasteiger partial charge in [0.15, 0.2) is 0 Å². The Balaban J connectivity index is 1.73. The largest absolute Gasteiger partial charge is 0.316 e. The molecule has 1 aromatic carbocycles. The van der Waals surface area contributed by atoms with E-state index in [4.69, 9.17) is 0 Å². The molecule has 26 heavy (non-hydrogen) atoms. The molecule has 0 N–H and O–H groups in total. The second-order valence-corrected chi connectivity index (χ2v) is 7.53. The van der Waals surface area contributed by atoms with Crippen molar-refractivity contribution in [1.82, 2.24) is 25.1 Å². The minimum atomic E-state index is 0.125. The van der Waals surface area contributed by atoms with E-state index >= 15 is 0 Å². The minimum Gasteiger partial charge on any atom is -0.316 e. The van der Waals surface area contributed by atoms with E-state index in [1.807, 2.05) is 18.7 Å². The molecule has 138 valence electrons. The van der Waals surface area contributed by atoms with Gasteiger partial charge in [0.1, 0.15) is 0 Å².